The van der Waals surface area contributed by atoms with Crippen molar-refractivity contribution < 1.29 is 22.8 Å². The topological polar surface area (TPSA) is 65.2 Å². The fraction of sp³-hybridized carbons (Fsp3) is 0.474. The Labute approximate surface area is 154 Å². The van der Waals surface area contributed by atoms with Gasteiger partial charge in [-0.05, 0) is 37.3 Å². The van der Waals surface area contributed by atoms with E-state index in [2.05, 4.69) is 10.3 Å². The number of halogens is 3. The maximum absolute atomic E-state index is 12.6. The van der Waals surface area contributed by atoms with E-state index in [-0.39, 0.29) is 18.9 Å². The SMILES string of the molecule is Cc1cccc2c(CCC(=O)N[C@H]3CCCN(CC(F)(F)F)C3=O)c[nH]c12. The average molecular weight is 381 g/mol. The van der Waals surface area contributed by atoms with Gasteiger partial charge < -0.3 is 15.2 Å². The van der Waals surface area contributed by atoms with Crippen LogP contribution in [0, 0.1) is 6.92 Å². The fourth-order valence-corrected chi connectivity index (χ4v) is 3.53. The molecule has 0 radical (unpaired) electrons. The third-order valence-corrected chi connectivity index (χ3v) is 4.87. The summed E-state index contributed by atoms with van der Waals surface area (Å²) >= 11 is 0. The number of piperidine rings is 1. The van der Waals surface area contributed by atoms with Crippen LogP contribution in [0.1, 0.15) is 30.4 Å². The summed E-state index contributed by atoms with van der Waals surface area (Å²) in [7, 11) is 0. The average Bonchev–Trinajstić information content (AvgIpc) is 3.00. The number of H-pyrrole nitrogens is 1. The first kappa shape index (κ1) is 19.3. The van der Waals surface area contributed by atoms with Crippen LogP contribution in [-0.2, 0) is 16.0 Å². The minimum absolute atomic E-state index is 0.0689. The Bertz CT molecular complexity index is 844. The van der Waals surface area contributed by atoms with Gasteiger partial charge >= 0.3 is 6.18 Å². The number of likely N-dealkylation sites (tertiary alicyclic amines) is 1. The molecular weight excluding hydrogens is 359 g/mol. The lowest BCUT2D eigenvalue weighted by Gasteiger charge is -2.33. The number of aromatic nitrogens is 1. The van der Waals surface area contributed by atoms with Crippen LogP contribution in [0.4, 0.5) is 13.2 Å². The molecule has 3 rings (SSSR count). The standard InChI is InChI=1S/C19H22F3N3O2/c1-12-4-2-5-14-13(10-23-17(12)14)7-8-16(26)24-15-6-3-9-25(18(15)27)11-19(20,21)22/h2,4-5,10,15,23H,3,6-9,11H2,1H3,(H,24,26)/t15-/m0/s1. The van der Waals surface area contributed by atoms with E-state index in [1.165, 1.54) is 0 Å². The molecule has 2 N–H and O–H groups in total. The number of nitrogens with zero attached hydrogens (tertiary/aromatic N) is 1. The predicted molar refractivity (Wildman–Crippen MR) is 95.2 cm³/mol. The van der Waals surface area contributed by atoms with Crippen molar-refractivity contribution in [3.63, 3.8) is 0 Å². The lowest BCUT2D eigenvalue weighted by atomic mass is 10.0. The highest BCUT2D eigenvalue weighted by Gasteiger charge is 2.37. The molecule has 1 fully saturated rings. The molecule has 1 saturated heterocycles. The fourth-order valence-electron chi connectivity index (χ4n) is 3.53. The van der Waals surface area contributed by atoms with Crippen LogP contribution in [0.2, 0.25) is 0 Å². The molecule has 5 nitrogen and oxygen atoms in total. The minimum atomic E-state index is -4.44. The Kier molecular flexibility index (Phi) is 5.43. The number of alkyl halides is 3. The number of aryl methyl sites for hydroxylation is 2. The zero-order valence-electron chi connectivity index (χ0n) is 15.0. The molecular formula is C19H22F3N3O2. The first-order valence-corrected chi connectivity index (χ1v) is 8.95. The van der Waals surface area contributed by atoms with Gasteiger partial charge in [-0.15, -0.1) is 0 Å². The lowest BCUT2D eigenvalue weighted by molar-refractivity contribution is -0.165. The van der Waals surface area contributed by atoms with Crippen molar-refractivity contribution in [2.24, 2.45) is 0 Å². The van der Waals surface area contributed by atoms with E-state index in [9.17, 15) is 22.8 Å². The Balaban J connectivity index is 1.57. The second-order valence-electron chi connectivity index (χ2n) is 6.95. The highest BCUT2D eigenvalue weighted by Crippen LogP contribution is 2.23. The van der Waals surface area contributed by atoms with Gasteiger partial charge in [0.15, 0.2) is 0 Å². The monoisotopic (exact) mass is 381 g/mol. The van der Waals surface area contributed by atoms with Crippen molar-refractivity contribution in [1.29, 1.82) is 0 Å². The maximum atomic E-state index is 12.6. The maximum Gasteiger partial charge on any atom is 0.406 e. The van der Waals surface area contributed by atoms with Crippen LogP contribution in [0.3, 0.4) is 0 Å². The van der Waals surface area contributed by atoms with Crippen LogP contribution in [0.5, 0.6) is 0 Å². The van der Waals surface area contributed by atoms with Gasteiger partial charge in [0.2, 0.25) is 11.8 Å². The number of amides is 2. The van der Waals surface area contributed by atoms with Crippen LogP contribution in [-0.4, -0.2) is 47.0 Å². The number of aromatic amines is 1. The Hall–Kier alpha value is -2.51. The van der Waals surface area contributed by atoms with E-state index in [0.717, 1.165) is 26.9 Å². The summed E-state index contributed by atoms with van der Waals surface area (Å²) in [5.41, 5.74) is 3.14. The van der Waals surface area contributed by atoms with Gasteiger partial charge in [0, 0.05) is 30.1 Å². The molecule has 1 aromatic carbocycles. The Morgan fingerprint density at radius 3 is 2.89 bits per heavy atom. The number of carbonyl (C=O) groups excluding carboxylic acids is 2. The van der Waals surface area contributed by atoms with E-state index in [4.69, 9.17) is 0 Å². The number of carbonyl (C=O) groups is 2. The molecule has 1 aliphatic rings. The van der Waals surface area contributed by atoms with Crippen molar-refractivity contribution in [3.8, 4) is 0 Å². The quantitative estimate of drug-likeness (QED) is 0.836. The van der Waals surface area contributed by atoms with Crippen LogP contribution in [0.25, 0.3) is 10.9 Å². The van der Waals surface area contributed by atoms with Gasteiger partial charge in [-0.1, -0.05) is 18.2 Å². The lowest BCUT2D eigenvalue weighted by Crippen LogP contribution is -2.54. The third-order valence-electron chi connectivity index (χ3n) is 4.87. The molecule has 0 spiro atoms. The summed E-state index contributed by atoms with van der Waals surface area (Å²) in [5, 5.41) is 3.65. The number of benzene rings is 1. The van der Waals surface area contributed by atoms with Gasteiger partial charge in [-0.2, -0.15) is 13.2 Å². The third kappa shape index (κ3) is 4.61. The summed E-state index contributed by atoms with van der Waals surface area (Å²) < 4.78 is 37.7. The molecule has 1 aliphatic heterocycles. The summed E-state index contributed by atoms with van der Waals surface area (Å²) in [4.78, 5) is 28.4. The molecule has 1 aromatic heterocycles. The zero-order valence-corrected chi connectivity index (χ0v) is 15.0. The van der Waals surface area contributed by atoms with Gasteiger partial charge in [0.1, 0.15) is 12.6 Å². The number of hydrogen-bond acceptors (Lipinski definition) is 2. The number of rotatable bonds is 5. The van der Waals surface area contributed by atoms with Gasteiger partial charge in [0.05, 0.1) is 0 Å². The smallest absolute Gasteiger partial charge is 0.361 e. The molecule has 2 heterocycles. The van der Waals surface area contributed by atoms with Crippen LogP contribution >= 0.6 is 0 Å². The van der Waals surface area contributed by atoms with Gasteiger partial charge in [0.25, 0.3) is 0 Å². The van der Waals surface area contributed by atoms with Crippen LogP contribution < -0.4 is 5.32 Å². The van der Waals surface area contributed by atoms with Crippen LogP contribution in [0.15, 0.2) is 24.4 Å². The first-order valence-electron chi connectivity index (χ1n) is 8.95. The second kappa shape index (κ2) is 7.62. The predicted octanol–water partition coefficient (Wildman–Crippen LogP) is 3.08. The highest BCUT2D eigenvalue weighted by molar-refractivity contribution is 5.89. The highest BCUT2D eigenvalue weighted by atomic mass is 19.4. The summed E-state index contributed by atoms with van der Waals surface area (Å²) in [6, 6.07) is 5.05. The zero-order chi connectivity index (χ0) is 19.6. The van der Waals surface area contributed by atoms with E-state index < -0.39 is 24.7 Å². The van der Waals surface area contributed by atoms with E-state index in [1.54, 1.807) is 0 Å². The first-order chi connectivity index (χ1) is 12.7. The minimum Gasteiger partial charge on any atom is -0.361 e. The number of nitrogens with one attached hydrogen (secondary N) is 2. The Morgan fingerprint density at radius 1 is 1.37 bits per heavy atom. The van der Waals surface area contributed by atoms with Crippen molar-refractivity contribution >= 4 is 22.7 Å². The van der Waals surface area contributed by atoms with E-state index in [1.807, 2.05) is 31.3 Å². The van der Waals surface area contributed by atoms with Crippen molar-refractivity contribution in [1.82, 2.24) is 15.2 Å². The second-order valence-corrected chi connectivity index (χ2v) is 6.95. The normalized spacial score (nSPS) is 18.1. The molecule has 0 saturated carbocycles. The summed E-state index contributed by atoms with van der Waals surface area (Å²) in [6.07, 6.45) is -1.11. The summed E-state index contributed by atoms with van der Waals surface area (Å²) in [5.74, 6) is -0.987. The number of fused-ring (bicyclic) bond motifs is 1. The largest absolute Gasteiger partial charge is 0.406 e. The molecule has 1 atom stereocenters. The molecule has 2 aromatic rings. The van der Waals surface area contributed by atoms with Crippen molar-refractivity contribution in [2.75, 3.05) is 13.1 Å². The number of para-hydroxylation sites is 1. The molecule has 0 bridgehead atoms. The summed E-state index contributed by atoms with van der Waals surface area (Å²) in [6.45, 7) is 0.795. The van der Waals surface area contributed by atoms with E-state index in [0.29, 0.717) is 19.3 Å². The molecule has 0 aliphatic carbocycles. The van der Waals surface area contributed by atoms with E-state index >= 15 is 0 Å². The molecule has 0 unspecified atom stereocenters. The van der Waals surface area contributed by atoms with Crippen molar-refractivity contribution in [3.05, 3.63) is 35.5 Å². The van der Waals surface area contributed by atoms with Gasteiger partial charge in [-0.3, -0.25) is 9.59 Å². The van der Waals surface area contributed by atoms with Crippen molar-refractivity contribution in [2.45, 2.75) is 44.8 Å². The number of hydrogen-bond donors (Lipinski definition) is 2. The molecule has 27 heavy (non-hydrogen) atoms. The molecule has 2 amide bonds. The Morgan fingerprint density at radius 2 is 2.15 bits per heavy atom. The molecule has 8 heteroatoms. The van der Waals surface area contributed by atoms with Gasteiger partial charge in [-0.25, -0.2) is 0 Å². The molecule has 146 valence electrons.